The lowest BCUT2D eigenvalue weighted by Crippen LogP contribution is -2.04. The summed E-state index contributed by atoms with van der Waals surface area (Å²) < 4.78 is 3.86. The van der Waals surface area contributed by atoms with Crippen molar-refractivity contribution in [2.24, 2.45) is 0 Å². The van der Waals surface area contributed by atoms with E-state index in [1.807, 2.05) is 64.7 Å². The van der Waals surface area contributed by atoms with Crippen molar-refractivity contribution in [3.05, 3.63) is 91.1 Å². The summed E-state index contributed by atoms with van der Waals surface area (Å²) in [6.45, 7) is 2.02. The molecule has 0 saturated heterocycles. The summed E-state index contributed by atoms with van der Waals surface area (Å²) in [7, 11) is 0. The van der Waals surface area contributed by atoms with E-state index in [0.29, 0.717) is 0 Å². The molecule has 0 bridgehead atoms. The Balaban J connectivity index is 1.86. The van der Waals surface area contributed by atoms with Gasteiger partial charge < -0.3 is 0 Å². The third-order valence-corrected chi connectivity index (χ3v) is 4.65. The van der Waals surface area contributed by atoms with Crippen molar-refractivity contribution < 1.29 is 0 Å². The van der Waals surface area contributed by atoms with Crippen LogP contribution in [-0.2, 0) is 0 Å². The molecule has 2 aromatic carbocycles. The molecule has 0 fully saturated rings. The second kappa shape index (κ2) is 6.21. The summed E-state index contributed by atoms with van der Waals surface area (Å²) >= 11 is 0. The normalized spacial score (nSPS) is 11.1. The summed E-state index contributed by atoms with van der Waals surface area (Å²) in [5.74, 6) is 0.904. The molecule has 0 aliphatic rings. The van der Waals surface area contributed by atoms with Gasteiger partial charge in [0.05, 0.1) is 11.4 Å². The molecule has 130 valence electrons. The average Bonchev–Trinajstić information content (AvgIpc) is 3.36. The van der Waals surface area contributed by atoms with E-state index < -0.39 is 0 Å². The van der Waals surface area contributed by atoms with Crippen molar-refractivity contribution in [3.8, 4) is 28.2 Å². The van der Waals surface area contributed by atoms with Crippen molar-refractivity contribution in [2.75, 3.05) is 0 Å². The zero-order valence-corrected chi connectivity index (χ0v) is 14.8. The predicted octanol–water partition coefficient (Wildman–Crippen LogP) is 4.56. The largest absolute Gasteiger partial charge is 0.290 e. The first kappa shape index (κ1) is 15.5. The lowest BCUT2D eigenvalue weighted by Gasteiger charge is -2.09. The first-order valence-electron chi connectivity index (χ1n) is 8.81. The second-order valence-electron chi connectivity index (χ2n) is 6.40. The van der Waals surface area contributed by atoms with Crippen molar-refractivity contribution in [1.82, 2.24) is 24.1 Å². The number of fused-ring (bicyclic) bond motifs is 1. The van der Waals surface area contributed by atoms with Gasteiger partial charge in [-0.05, 0) is 12.5 Å². The molecule has 3 heterocycles. The average molecular weight is 351 g/mol. The topological polar surface area (TPSA) is 48.0 Å². The van der Waals surface area contributed by atoms with E-state index in [1.165, 1.54) is 0 Å². The first-order chi connectivity index (χ1) is 13.3. The van der Waals surface area contributed by atoms with Crippen LogP contribution in [0.4, 0.5) is 0 Å². The maximum Gasteiger partial charge on any atom is 0.166 e. The van der Waals surface area contributed by atoms with Gasteiger partial charge in [-0.15, -0.1) is 0 Å². The number of imidazole rings is 1. The Bertz CT molecular complexity index is 1210. The van der Waals surface area contributed by atoms with E-state index in [1.54, 1.807) is 12.5 Å². The van der Waals surface area contributed by atoms with Gasteiger partial charge in [-0.3, -0.25) is 4.57 Å². The van der Waals surface area contributed by atoms with Crippen LogP contribution in [0.15, 0.2) is 85.5 Å². The molecule has 27 heavy (non-hydrogen) atoms. The van der Waals surface area contributed by atoms with Crippen molar-refractivity contribution >= 4 is 5.65 Å². The van der Waals surface area contributed by atoms with Gasteiger partial charge in [0.25, 0.3) is 0 Å². The number of aromatic nitrogens is 5. The van der Waals surface area contributed by atoms with Crippen LogP contribution < -0.4 is 0 Å². The highest BCUT2D eigenvalue weighted by Crippen LogP contribution is 2.30. The summed E-state index contributed by atoms with van der Waals surface area (Å²) in [6.07, 6.45) is 5.47. The van der Waals surface area contributed by atoms with Crippen LogP contribution >= 0.6 is 0 Å². The van der Waals surface area contributed by atoms with Crippen LogP contribution in [-0.4, -0.2) is 24.1 Å². The quantitative estimate of drug-likeness (QED) is 0.479. The number of aryl methyl sites for hydroxylation is 1. The highest BCUT2D eigenvalue weighted by atomic mass is 15.3. The van der Waals surface area contributed by atoms with Gasteiger partial charge in [-0.25, -0.2) is 9.97 Å². The fraction of sp³-hybridized carbons (Fsp3) is 0.0455. The maximum absolute atomic E-state index is 4.98. The third kappa shape index (κ3) is 2.60. The molecule has 0 spiro atoms. The van der Waals surface area contributed by atoms with Crippen LogP contribution in [0.3, 0.4) is 0 Å². The second-order valence-corrected chi connectivity index (χ2v) is 6.40. The van der Waals surface area contributed by atoms with E-state index in [0.717, 1.165) is 39.5 Å². The molecule has 0 saturated carbocycles. The first-order valence-corrected chi connectivity index (χ1v) is 8.81. The molecule has 5 aromatic rings. The van der Waals surface area contributed by atoms with Gasteiger partial charge in [0, 0.05) is 29.6 Å². The number of hydrogen-bond donors (Lipinski definition) is 0. The molecule has 0 radical (unpaired) electrons. The maximum atomic E-state index is 4.98. The zero-order chi connectivity index (χ0) is 18.2. The summed E-state index contributed by atoms with van der Waals surface area (Å²) in [4.78, 5) is 9.18. The van der Waals surface area contributed by atoms with E-state index in [9.17, 15) is 0 Å². The van der Waals surface area contributed by atoms with E-state index in [2.05, 4.69) is 29.2 Å². The van der Waals surface area contributed by atoms with Crippen molar-refractivity contribution in [3.63, 3.8) is 0 Å². The minimum Gasteiger partial charge on any atom is -0.290 e. The number of benzene rings is 2. The Hall–Kier alpha value is -3.73. The van der Waals surface area contributed by atoms with Crippen molar-refractivity contribution in [2.45, 2.75) is 6.92 Å². The summed E-state index contributed by atoms with van der Waals surface area (Å²) in [5, 5.41) is 4.79. The fourth-order valence-corrected chi connectivity index (χ4v) is 3.39. The minimum atomic E-state index is 0.837. The smallest absolute Gasteiger partial charge is 0.166 e. The van der Waals surface area contributed by atoms with Gasteiger partial charge in [0.2, 0.25) is 0 Å². The standard InChI is InChI=1S/C22H17N5/c1-16-21(18-10-6-3-7-11-18)22-24-19(17-8-4-2-5-9-17)14-20(27(22)25-16)26-13-12-23-15-26/h2-15H,1H3. The molecule has 3 aromatic heterocycles. The van der Waals surface area contributed by atoms with Gasteiger partial charge in [0.15, 0.2) is 5.65 Å². The predicted molar refractivity (Wildman–Crippen MR) is 106 cm³/mol. The van der Waals surface area contributed by atoms with Gasteiger partial charge in [0.1, 0.15) is 12.1 Å². The SMILES string of the molecule is Cc1nn2c(-n3ccnc3)cc(-c3ccccc3)nc2c1-c1ccccc1. The molecule has 5 heteroatoms. The minimum absolute atomic E-state index is 0.837. The van der Waals surface area contributed by atoms with E-state index >= 15 is 0 Å². The summed E-state index contributed by atoms with van der Waals surface area (Å²) in [5.41, 5.74) is 5.92. The van der Waals surface area contributed by atoms with Crippen LogP contribution in [0.2, 0.25) is 0 Å². The van der Waals surface area contributed by atoms with Crippen LogP contribution in [0.25, 0.3) is 33.8 Å². The van der Waals surface area contributed by atoms with Crippen LogP contribution in [0.1, 0.15) is 5.69 Å². The lowest BCUT2D eigenvalue weighted by molar-refractivity contribution is 0.843. The zero-order valence-electron chi connectivity index (χ0n) is 14.8. The van der Waals surface area contributed by atoms with E-state index in [-0.39, 0.29) is 0 Å². The van der Waals surface area contributed by atoms with Crippen molar-refractivity contribution in [1.29, 1.82) is 0 Å². The molecule has 0 atom stereocenters. The molecule has 0 aliphatic carbocycles. The Morgan fingerprint density at radius 3 is 2.22 bits per heavy atom. The monoisotopic (exact) mass is 351 g/mol. The molecule has 0 unspecified atom stereocenters. The Labute approximate surface area is 156 Å². The molecular formula is C22H17N5. The summed E-state index contributed by atoms with van der Waals surface area (Å²) in [6, 6.07) is 22.5. The Morgan fingerprint density at radius 2 is 1.56 bits per heavy atom. The number of nitrogens with zero attached hydrogens (tertiary/aromatic N) is 5. The van der Waals surface area contributed by atoms with Gasteiger partial charge >= 0.3 is 0 Å². The third-order valence-electron chi connectivity index (χ3n) is 4.65. The van der Waals surface area contributed by atoms with Crippen LogP contribution in [0.5, 0.6) is 0 Å². The van der Waals surface area contributed by atoms with Crippen LogP contribution in [0, 0.1) is 6.92 Å². The lowest BCUT2D eigenvalue weighted by atomic mass is 10.1. The van der Waals surface area contributed by atoms with E-state index in [4.69, 9.17) is 10.1 Å². The molecular weight excluding hydrogens is 334 g/mol. The molecule has 5 rings (SSSR count). The molecule has 0 aliphatic heterocycles. The molecule has 5 nitrogen and oxygen atoms in total. The Morgan fingerprint density at radius 1 is 0.852 bits per heavy atom. The molecule has 0 amide bonds. The Kier molecular flexibility index (Phi) is 3.57. The molecule has 0 N–H and O–H groups in total. The van der Waals surface area contributed by atoms with Gasteiger partial charge in [-0.1, -0.05) is 60.7 Å². The number of rotatable bonds is 3. The highest BCUT2D eigenvalue weighted by Gasteiger charge is 2.17. The highest BCUT2D eigenvalue weighted by molar-refractivity contribution is 5.82. The fourth-order valence-electron chi connectivity index (χ4n) is 3.39. The van der Waals surface area contributed by atoms with Gasteiger partial charge in [-0.2, -0.15) is 9.61 Å². The number of hydrogen-bond acceptors (Lipinski definition) is 3.